The van der Waals surface area contributed by atoms with E-state index in [2.05, 4.69) is 0 Å². The van der Waals surface area contributed by atoms with Crippen molar-refractivity contribution in [3.05, 3.63) is 75.8 Å². The first-order valence-electron chi connectivity index (χ1n) is 8.95. The maximum Gasteiger partial charge on any atom is 0.341 e. The molecule has 3 rings (SSSR count). The summed E-state index contributed by atoms with van der Waals surface area (Å²) in [5.41, 5.74) is -0.340. The predicted molar refractivity (Wildman–Crippen MR) is 117 cm³/mol. The van der Waals surface area contributed by atoms with Gasteiger partial charge in [-0.25, -0.2) is 4.79 Å². The number of ether oxygens (including phenoxy) is 3. The van der Waals surface area contributed by atoms with E-state index in [1.54, 1.807) is 18.2 Å². The Balaban J connectivity index is 1.91. The summed E-state index contributed by atoms with van der Waals surface area (Å²) < 4.78 is 28.2. The van der Waals surface area contributed by atoms with Crippen LogP contribution in [-0.2, 0) is 16.0 Å². The van der Waals surface area contributed by atoms with E-state index in [1.165, 1.54) is 48.7 Å². The minimum Gasteiger partial charge on any atom is -0.612 e. The number of nitro benzene ring substituents is 1. The molecule has 32 heavy (non-hydrogen) atoms. The molecule has 0 saturated carbocycles. The molecule has 0 amide bonds. The quantitative estimate of drug-likeness (QED) is 0.258. The van der Waals surface area contributed by atoms with E-state index >= 15 is 0 Å². The first-order chi connectivity index (χ1) is 15.2. The van der Waals surface area contributed by atoms with Crippen molar-refractivity contribution in [3.63, 3.8) is 0 Å². The lowest BCUT2D eigenvalue weighted by Crippen LogP contribution is -2.09. The second-order valence-corrected chi connectivity index (χ2v) is 8.05. The van der Waals surface area contributed by atoms with Crippen LogP contribution >= 0.6 is 11.6 Å². The number of hydrogen-bond donors (Lipinski definition) is 1. The Kier molecular flexibility index (Phi) is 7.41. The van der Waals surface area contributed by atoms with Gasteiger partial charge in [0.15, 0.2) is 23.0 Å². The van der Waals surface area contributed by atoms with Crippen LogP contribution in [0.2, 0.25) is 5.02 Å². The third-order valence-electron chi connectivity index (χ3n) is 4.01. The van der Waals surface area contributed by atoms with Crippen LogP contribution in [0.25, 0.3) is 0 Å². The van der Waals surface area contributed by atoms with Gasteiger partial charge in [0.25, 0.3) is 0 Å². The van der Waals surface area contributed by atoms with Gasteiger partial charge in [-0.1, -0.05) is 23.7 Å². The van der Waals surface area contributed by atoms with E-state index in [4.69, 9.17) is 30.9 Å². The maximum atomic E-state index is 11.6. The number of carboxylic acids is 1. The zero-order chi connectivity index (χ0) is 23.3. The van der Waals surface area contributed by atoms with Crippen LogP contribution in [-0.4, -0.2) is 33.4 Å². The van der Waals surface area contributed by atoms with Crippen molar-refractivity contribution >= 4 is 34.4 Å². The number of hydrogen-bond acceptors (Lipinski definition) is 7. The zero-order valence-corrected chi connectivity index (χ0v) is 18.1. The van der Waals surface area contributed by atoms with Crippen molar-refractivity contribution in [2.75, 3.05) is 12.9 Å². The summed E-state index contributed by atoms with van der Waals surface area (Å²) in [5.74, 6) is -0.700. The van der Waals surface area contributed by atoms with E-state index in [0.29, 0.717) is 4.90 Å². The molecule has 0 aromatic heterocycles. The van der Waals surface area contributed by atoms with Crippen LogP contribution in [0.15, 0.2) is 65.6 Å². The summed E-state index contributed by atoms with van der Waals surface area (Å²) in [7, 11) is 0. The number of nitro groups is 1. The van der Waals surface area contributed by atoms with E-state index in [-0.39, 0.29) is 39.5 Å². The Bertz CT molecular complexity index is 1150. The SMILES string of the molecule is C[S+]([O-])c1ccc(Oc2ccc([N+](=O)[O-])c(Oc3ccccc3OCC(=O)O)c2)c(Cl)c1. The molecule has 0 aliphatic rings. The van der Waals surface area contributed by atoms with Gasteiger partial charge in [0.2, 0.25) is 5.75 Å². The number of aliphatic carboxylic acids is 1. The summed E-state index contributed by atoms with van der Waals surface area (Å²) >= 11 is 4.97. The number of halogens is 1. The second-order valence-electron chi connectivity index (χ2n) is 6.27. The first-order valence-corrected chi connectivity index (χ1v) is 10.9. The predicted octanol–water partition coefficient (Wildman–Crippen LogP) is 5.03. The molecular weight excluding hydrogens is 462 g/mol. The molecule has 0 aliphatic carbocycles. The number of rotatable bonds is 9. The molecule has 0 saturated heterocycles. The molecular formula is C21H16ClNO8S. The van der Waals surface area contributed by atoms with Crippen molar-refractivity contribution < 1.29 is 33.6 Å². The van der Waals surface area contributed by atoms with Gasteiger partial charge in [-0.2, -0.15) is 0 Å². The summed E-state index contributed by atoms with van der Waals surface area (Å²) in [6, 6.07) is 14.7. The van der Waals surface area contributed by atoms with Crippen molar-refractivity contribution in [3.8, 4) is 28.7 Å². The molecule has 0 fully saturated rings. The topological polar surface area (TPSA) is 131 Å². The molecule has 1 atom stereocenters. The van der Waals surface area contributed by atoms with Gasteiger partial charge in [-0.05, 0) is 41.5 Å². The van der Waals surface area contributed by atoms with Gasteiger partial charge < -0.3 is 23.9 Å². The average Bonchev–Trinajstić information content (AvgIpc) is 2.74. The Labute approximate surface area is 190 Å². The number of nitrogens with zero attached hydrogens (tertiary/aromatic N) is 1. The maximum absolute atomic E-state index is 11.6. The van der Waals surface area contributed by atoms with E-state index in [0.717, 1.165) is 0 Å². The van der Waals surface area contributed by atoms with Crippen LogP contribution in [0.4, 0.5) is 5.69 Å². The lowest BCUT2D eigenvalue weighted by molar-refractivity contribution is -0.385. The highest BCUT2D eigenvalue weighted by atomic mass is 35.5. The van der Waals surface area contributed by atoms with Crippen molar-refractivity contribution in [1.82, 2.24) is 0 Å². The molecule has 0 spiro atoms. The lowest BCUT2D eigenvalue weighted by atomic mass is 10.2. The van der Waals surface area contributed by atoms with Crippen molar-refractivity contribution in [1.29, 1.82) is 0 Å². The third-order valence-corrected chi connectivity index (χ3v) is 5.22. The highest BCUT2D eigenvalue weighted by Gasteiger charge is 2.20. The summed E-state index contributed by atoms with van der Waals surface area (Å²) in [5, 5.41) is 20.5. The van der Waals surface area contributed by atoms with Gasteiger partial charge in [0, 0.05) is 18.2 Å². The average molecular weight is 478 g/mol. The third kappa shape index (κ3) is 5.82. The van der Waals surface area contributed by atoms with Gasteiger partial charge >= 0.3 is 11.7 Å². The largest absolute Gasteiger partial charge is 0.612 e. The number of carbonyl (C=O) groups is 1. The molecule has 3 aromatic carbocycles. The van der Waals surface area contributed by atoms with Crippen molar-refractivity contribution in [2.45, 2.75) is 4.90 Å². The molecule has 166 valence electrons. The van der Waals surface area contributed by atoms with E-state index in [1.807, 2.05) is 0 Å². The summed E-state index contributed by atoms with van der Waals surface area (Å²) in [6.45, 7) is -0.608. The second kappa shape index (κ2) is 10.2. The molecule has 0 heterocycles. The molecule has 1 unspecified atom stereocenters. The number of carboxylic acid groups (broad SMARTS) is 1. The van der Waals surface area contributed by atoms with Crippen LogP contribution in [0.3, 0.4) is 0 Å². The van der Waals surface area contributed by atoms with Crippen LogP contribution in [0, 0.1) is 10.1 Å². The Morgan fingerprint density at radius 1 is 1.03 bits per heavy atom. The smallest absolute Gasteiger partial charge is 0.341 e. The van der Waals surface area contributed by atoms with Gasteiger partial charge in [-0.15, -0.1) is 0 Å². The van der Waals surface area contributed by atoms with E-state index < -0.39 is 28.7 Å². The highest BCUT2D eigenvalue weighted by molar-refractivity contribution is 7.90. The van der Waals surface area contributed by atoms with Crippen molar-refractivity contribution in [2.24, 2.45) is 0 Å². The highest BCUT2D eigenvalue weighted by Crippen LogP contribution is 2.40. The van der Waals surface area contributed by atoms with Gasteiger partial charge in [-0.3, -0.25) is 10.1 Å². The van der Waals surface area contributed by atoms with Crippen LogP contribution < -0.4 is 14.2 Å². The normalized spacial score (nSPS) is 11.5. The first kappa shape index (κ1) is 23.2. The van der Waals surface area contributed by atoms with Crippen LogP contribution in [0.1, 0.15) is 0 Å². The molecule has 11 heteroatoms. The molecule has 9 nitrogen and oxygen atoms in total. The Morgan fingerprint density at radius 3 is 2.38 bits per heavy atom. The zero-order valence-electron chi connectivity index (χ0n) is 16.5. The minimum absolute atomic E-state index is 0.0850. The van der Waals surface area contributed by atoms with Gasteiger partial charge in [0.05, 0.1) is 9.95 Å². The fourth-order valence-corrected chi connectivity index (χ4v) is 3.40. The monoisotopic (exact) mass is 477 g/mol. The van der Waals surface area contributed by atoms with Gasteiger partial charge in [0.1, 0.15) is 17.8 Å². The lowest BCUT2D eigenvalue weighted by Gasteiger charge is -2.13. The standard InChI is InChI=1S/C21H16ClNO8S/c1-32(28)14-7-9-17(15(22)11-14)30-13-6-8-16(23(26)27)20(10-13)31-19-5-3-2-4-18(19)29-12-21(24)25/h2-11H,12H2,1H3,(H,24,25). The fraction of sp³-hybridized carbons (Fsp3) is 0.0952. The molecule has 1 N–H and O–H groups in total. The number of benzene rings is 3. The molecule has 0 aliphatic heterocycles. The Hall–Kier alpha value is -3.47. The summed E-state index contributed by atoms with van der Waals surface area (Å²) in [6.07, 6.45) is 1.52. The van der Waals surface area contributed by atoms with E-state index in [9.17, 15) is 19.5 Å². The number of para-hydroxylation sites is 2. The van der Waals surface area contributed by atoms with Crippen LogP contribution in [0.5, 0.6) is 28.7 Å². The Morgan fingerprint density at radius 2 is 1.75 bits per heavy atom. The summed E-state index contributed by atoms with van der Waals surface area (Å²) in [4.78, 5) is 22.1. The molecule has 0 radical (unpaired) electrons. The minimum atomic E-state index is -1.22. The molecule has 3 aromatic rings. The fourth-order valence-electron chi connectivity index (χ4n) is 2.57. The molecule has 0 bridgehead atoms.